The van der Waals surface area contributed by atoms with Crippen molar-refractivity contribution in [2.75, 3.05) is 13.2 Å². The van der Waals surface area contributed by atoms with E-state index in [2.05, 4.69) is 18.7 Å². The van der Waals surface area contributed by atoms with E-state index in [1.807, 2.05) is 0 Å². The van der Waals surface area contributed by atoms with E-state index in [1.165, 1.54) is 25.7 Å². The van der Waals surface area contributed by atoms with Crippen molar-refractivity contribution >= 4 is 0 Å². The Hall–Kier alpha value is -0.110. The lowest BCUT2D eigenvalue weighted by Crippen LogP contribution is -2.43. The first-order valence-corrected chi connectivity index (χ1v) is 6.01. The van der Waals surface area contributed by atoms with Gasteiger partial charge in [0.25, 0.3) is 0 Å². The molecule has 2 atom stereocenters. The van der Waals surface area contributed by atoms with Gasteiger partial charge in [-0.1, -0.05) is 13.8 Å². The van der Waals surface area contributed by atoms with Gasteiger partial charge in [-0.25, -0.2) is 4.39 Å². The van der Waals surface area contributed by atoms with Crippen molar-refractivity contribution < 1.29 is 4.39 Å². The van der Waals surface area contributed by atoms with Gasteiger partial charge in [0.15, 0.2) is 0 Å². The van der Waals surface area contributed by atoms with Crippen LogP contribution in [0.4, 0.5) is 4.39 Å². The summed E-state index contributed by atoms with van der Waals surface area (Å²) in [6, 6.07) is 0.247. The summed E-state index contributed by atoms with van der Waals surface area (Å²) in [6.45, 7) is 5.57. The van der Waals surface area contributed by atoms with Gasteiger partial charge < -0.3 is 0 Å². The van der Waals surface area contributed by atoms with Gasteiger partial charge in [0.05, 0.1) is 0 Å². The number of hydrogen-bond donors (Lipinski definition) is 0. The van der Waals surface area contributed by atoms with Crippen molar-refractivity contribution in [2.45, 2.75) is 57.5 Å². The van der Waals surface area contributed by atoms with E-state index in [0.29, 0.717) is 5.54 Å². The minimum absolute atomic E-state index is 0.139. The van der Waals surface area contributed by atoms with Gasteiger partial charge in [-0.15, -0.1) is 0 Å². The van der Waals surface area contributed by atoms with Crippen LogP contribution >= 0.6 is 0 Å². The molecular weight excluding hydrogens is 177 g/mol. The van der Waals surface area contributed by atoms with Gasteiger partial charge in [-0.05, 0) is 44.6 Å². The number of halogens is 1. The Bertz CT molecular complexity index is 204. The molecule has 2 aliphatic heterocycles. The zero-order valence-corrected chi connectivity index (χ0v) is 9.43. The molecule has 2 heteroatoms. The fourth-order valence-corrected chi connectivity index (χ4v) is 3.63. The monoisotopic (exact) mass is 199 g/mol. The predicted octanol–water partition coefficient (Wildman–Crippen LogP) is 3.00. The Morgan fingerprint density at radius 3 is 2.86 bits per heavy atom. The van der Waals surface area contributed by atoms with E-state index in [9.17, 15) is 4.39 Å². The van der Waals surface area contributed by atoms with Gasteiger partial charge >= 0.3 is 0 Å². The lowest BCUT2D eigenvalue weighted by atomic mass is 9.85. The van der Waals surface area contributed by atoms with E-state index in [1.54, 1.807) is 0 Å². The van der Waals surface area contributed by atoms with E-state index >= 15 is 0 Å². The summed E-state index contributed by atoms with van der Waals surface area (Å²) in [6.07, 6.45) is 6.18. The van der Waals surface area contributed by atoms with Crippen LogP contribution in [0.25, 0.3) is 0 Å². The zero-order chi connectivity index (χ0) is 10.2. The topological polar surface area (TPSA) is 3.24 Å². The minimum atomic E-state index is -0.139. The summed E-state index contributed by atoms with van der Waals surface area (Å²) in [5.74, 6) is 0.744. The fourth-order valence-electron chi connectivity index (χ4n) is 3.63. The van der Waals surface area contributed by atoms with Crippen LogP contribution in [0.2, 0.25) is 0 Å². The maximum absolute atomic E-state index is 12.8. The van der Waals surface area contributed by atoms with Gasteiger partial charge in [0, 0.05) is 11.6 Å². The Kier molecular flexibility index (Phi) is 2.83. The molecule has 0 aromatic rings. The van der Waals surface area contributed by atoms with E-state index in [4.69, 9.17) is 0 Å². The number of fused-ring (bicyclic) bond motifs is 1. The molecule has 1 nitrogen and oxygen atoms in total. The second-order valence-corrected chi connectivity index (χ2v) is 5.47. The van der Waals surface area contributed by atoms with Crippen molar-refractivity contribution in [3.8, 4) is 0 Å². The van der Waals surface area contributed by atoms with E-state index in [0.717, 1.165) is 18.9 Å². The molecule has 0 aromatic carbocycles. The van der Waals surface area contributed by atoms with Gasteiger partial charge in [-0.3, -0.25) is 4.90 Å². The van der Waals surface area contributed by atoms with E-state index < -0.39 is 0 Å². The maximum atomic E-state index is 12.8. The van der Waals surface area contributed by atoms with Crippen LogP contribution in [0, 0.1) is 5.92 Å². The molecule has 2 fully saturated rings. The Balaban J connectivity index is 2.09. The van der Waals surface area contributed by atoms with Crippen LogP contribution in [0.1, 0.15) is 46.0 Å². The van der Waals surface area contributed by atoms with Crippen LogP contribution < -0.4 is 0 Å². The average molecular weight is 199 g/mol. The summed E-state index contributed by atoms with van der Waals surface area (Å²) < 4.78 is 12.8. The standard InChI is InChI=1S/C12H22FN/c1-10(2)8-12-5-3-7-14(12)11(9-13)4-6-12/h10-11H,3-9H2,1-2H3. The number of hydrogen-bond acceptors (Lipinski definition) is 1. The summed E-state index contributed by atoms with van der Waals surface area (Å²) >= 11 is 0. The van der Waals surface area contributed by atoms with Gasteiger partial charge in [0.2, 0.25) is 0 Å². The molecule has 0 amide bonds. The third kappa shape index (κ3) is 1.58. The molecule has 2 saturated heterocycles. The fraction of sp³-hybridized carbons (Fsp3) is 1.00. The van der Waals surface area contributed by atoms with Crippen molar-refractivity contribution in [2.24, 2.45) is 5.92 Å². The lowest BCUT2D eigenvalue weighted by molar-refractivity contribution is 0.113. The molecule has 0 spiro atoms. The highest BCUT2D eigenvalue weighted by atomic mass is 19.1. The maximum Gasteiger partial charge on any atom is 0.105 e. The quantitative estimate of drug-likeness (QED) is 0.675. The van der Waals surface area contributed by atoms with Crippen molar-refractivity contribution in [1.82, 2.24) is 4.90 Å². The number of nitrogens with zero attached hydrogens (tertiary/aromatic N) is 1. The smallest absolute Gasteiger partial charge is 0.105 e. The van der Waals surface area contributed by atoms with Crippen molar-refractivity contribution in [3.63, 3.8) is 0 Å². The normalized spacial score (nSPS) is 38.1. The minimum Gasteiger partial charge on any atom is -0.292 e. The zero-order valence-electron chi connectivity index (χ0n) is 9.43. The third-order valence-corrected chi connectivity index (χ3v) is 4.00. The predicted molar refractivity (Wildman–Crippen MR) is 57.1 cm³/mol. The lowest BCUT2D eigenvalue weighted by Gasteiger charge is -2.35. The summed E-state index contributed by atoms with van der Waals surface area (Å²) in [7, 11) is 0. The van der Waals surface area contributed by atoms with Gasteiger partial charge in [-0.2, -0.15) is 0 Å². The first kappa shape index (κ1) is 10.4. The molecule has 0 aliphatic carbocycles. The van der Waals surface area contributed by atoms with Crippen LogP contribution in [0.5, 0.6) is 0 Å². The molecule has 2 aliphatic rings. The molecule has 0 bridgehead atoms. The highest BCUT2D eigenvalue weighted by Gasteiger charge is 2.48. The second-order valence-electron chi connectivity index (χ2n) is 5.47. The first-order chi connectivity index (χ1) is 6.68. The summed E-state index contributed by atoms with van der Waals surface area (Å²) in [4.78, 5) is 2.48. The largest absolute Gasteiger partial charge is 0.292 e. The number of alkyl halides is 1. The SMILES string of the molecule is CC(C)CC12CCCN1C(CF)CC2. The van der Waals surface area contributed by atoms with Crippen LogP contribution in [0.15, 0.2) is 0 Å². The highest BCUT2D eigenvalue weighted by molar-refractivity contribution is 5.04. The number of rotatable bonds is 3. The van der Waals surface area contributed by atoms with Crippen LogP contribution in [-0.2, 0) is 0 Å². The Morgan fingerprint density at radius 1 is 1.43 bits per heavy atom. The molecule has 0 saturated carbocycles. The van der Waals surface area contributed by atoms with Crippen LogP contribution in [-0.4, -0.2) is 29.7 Å². The molecule has 0 N–H and O–H groups in total. The highest BCUT2D eigenvalue weighted by Crippen LogP contribution is 2.46. The second kappa shape index (κ2) is 3.80. The summed E-state index contributed by atoms with van der Waals surface area (Å²) in [5, 5.41) is 0. The molecule has 2 heterocycles. The Labute approximate surface area is 86.7 Å². The molecule has 0 aromatic heterocycles. The molecule has 0 radical (unpaired) electrons. The van der Waals surface area contributed by atoms with Crippen molar-refractivity contribution in [1.29, 1.82) is 0 Å². The van der Waals surface area contributed by atoms with Gasteiger partial charge in [0.1, 0.15) is 6.67 Å². The molecule has 2 rings (SSSR count). The summed E-state index contributed by atoms with van der Waals surface area (Å²) in [5.41, 5.74) is 0.394. The van der Waals surface area contributed by atoms with Crippen LogP contribution in [0.3, 0.4) is 0 Å². The first-order valence-electron chi connectivity index (χ1n) is 6.01. The third-order valence-electron chi connectivity index (χ3n) is 4.00. The molecular formula is C12H22FN. The average Bonchev–Trinajstić information content (AvgIpc) is 2.60. The molecule has 14 heavy (non-hydrogen) atoms. The van der Waals surface area contributed by atoms with E-state index in [-0.39, 0.29) is 12.7 Å². The molecule has 2 unspecified atom stereocenters. The van der Waals surface area contributed by atoms with Crippen molar-refractivity contribution in [3.05, 3.63) is 0 Å². The molecule has 82 valence electrons. The Morgan fingerprint density at radius 2 is 2.21 bits per heavy atom.